The van der Waals surface area contributed by atoms with E-state index in [1.807, 2.05) is 29.9 Å². The number of thiazole rings is 1. The monoisotopic (exact) mass is 363 g/mol. The summed E-state index contributed by atoms with van der Waals surface area (Å²) >= 11 is 1.68. The molecule has 0 N–H and O–H groups in total. The van der Waals surface area contributed by atoms with Crippen LogP contribution < -0.4 is 0 Å². The van der Waals surface area contributed by atoms with Gasteiger partial charge in [-0.25, -0.2) is 8.42 Å². The summed E-state index contributed by atoms with van der Waals surface area (Å²) in [5, 5.41) is 0. The number of hydrogen-bond acceptors (Lipinski definition) is 5. The Hall–Kier alpha value is -1.28. The van der Waals surface area contributed by atoms with E-state index in [1.165, 1.54) is 11.1 Å². The van der Waals surface area contributed by atoms with E-state index in [0.29, 0.717) is 18.4 Å². The zero-order valence-corrected chi connectivity index (χ0v) is 15.2. The van der Waals surface area contributed by atoms with Crippen LogP contribution in [0.4, 0.5) is 0 Å². The molecule has 2 aromatic rings. The van der Waals surface area contributed by atoms with Crippen molar-refractivity contribution in [2.24, 2.45) is 11.8 Å². The van der Waals surface area contributed by atoms with Gasteiger partial charge in [0.1, 0.15) is 0 Å². The zero-order valence-electron chi connectivity index (χ0n) is 13.6. The van der Waals surface area contributed by atoms with Crippen LogP contribution in [0.1, 0.15) is 16.5 Å². The predicted octanol–water partition coefficient (Wildman–Crippen LogP) is 2.21. The number of hydrogen-bond donors (Lipinski definition) is 0. The van der Waals surface area contributed by atoms with Crippen LogP contribution in [0, 0.1) is 11.8 Å². The number of likely N-dealkylation sites (tertiary alicyclic amines) is 1. The zero-order chi connectivity index (χ0) is 16.7. The van der Waals surface area contributed by atoms with Gasteiger partial charge in [-0.1, -0.05) is 30.3 Å². The van der Waals surface area contributed by atoms with Crippen molar-refractivity contribution >= 4 is 21.4 Å². The highest BCUT2D eigenvalue weighted by molar-refractivity contribution is 7.88. The van der Waals surface area contributed by atoms with Crippen LogP contribution >= 0.6 is 11.3 Å². The molecule has 2 aliphatic rings. The van der Waals surface area contributed by atoms with Crippen molar-refractivity contribution in [2.75, 3.05) is 25.9 Å². The van der Waals surface area contributed by atoms with Crippen LogP contribution in [-0.4, -0.2) is 48.5 Å². The number of sulfonamides is 1. The maximum Gasteiger partial charge on any atom is 0.211 e. The third-order valence-electron chi connectivity index (χ3n) is 5.13. The lowest BCUT2D eigenvalue weighted by Gasteiger charge is -2.28. The Kier molecular flexibility index (Phi) is 4.20. The fourth-order valence-corrected chi connectivity index (χ4v) is 5.96. The lowest BCUT2D eigenvalue weighted by atomic mass is 9.90. The average Bonchev–Trinajstić information content (AvgIpc) is 3.23. The van der Waals surface area contributed by atoms with E-state index >= 15 is 0 Å². The average molecular weight is 364 g/mol. The van der Waals surface area contributed by atoms with Gasteiger partial charge in [-0.3, -0.25) is 9.88 Å². The first-order valence-corrected chi connectivity index (χ1v) is 10.9. The van der Waals surface area contributed by atoms with Gasteiger partial charge in [-0.05, 0) is 17.4 Å². The lowest BCUT2D eigenvalue weighted by Crippen LogP contribution is -2.34. The smallest absolute Gasteiger partial charge is 0.211 e. The van der Waals surface area contributed by atoms with Crippen LogP contribution in [0.15, 0.2) is 42.0 Å². The molecule has 24 heavy (non-hydrogen) atoms. The molecule has 0 spiro atoms. The third-order valence-corrected chi connectivity index (χ3v) is 7.12. The summed E-state index contributed by atoms with van der Waals surface area (Å²) in [4.78, 5) is 7.86. The van der Waals surface area contributed by atoms with E-state index in [9.17, 15) is 8.42 Å². The second kappa shape index (κ2) is 6.22. The van der Waals surface area contributed by atoms with Crippen LogP contribution in [0.3, 0.4) is 0 Å². The van der Waals surface area contributed by atoms with Crippen molar-refractivity contribution in [2.45, 2.75) is 12.6 Å². The van der Waals surface area contributed by atoms with E-state index < -0.39 is 10.0 Å². The molecule has 2 fully saturated rings. The van der Waals surface area contributed by atoms with E-state index in [0.717, 1.165) is 25.2 Å². The van der Waals surface area contributed by atoms with Crippen molar-refractivity contribution in [3.8, 4) is 0 Å². The highest BCUT2D eigenvalue weighted by Crippen LogP contribution is 2.46. The minimum atomic E-state index is -3.20. The molecule has 0 unspecified atom stereocenters. The molecule has 3 heterocycles. The van der Waals surface area contributed by atoms with Gasteiger partial charge in [0.15, 0.2) is 0 Å². The SMILES string of the molecule is CS(=O)(=O)N1C[C@H]2CN(Cc3cncs3)C[C@H]2[C@@H]1c1ccccc1. The molecule has 5 nitrogen and oxygen atoms in total. The fraction of sp³-hybridized carbons (Fsp3) is 0.471. The Morgan fingerprint density at radius 2 is 2.00 bits per heavy atom. The fourth-order valence-electron chi connectivity index (χ4n) is 4.17. The molecule has 0 saturated carbocycles. The Balaban J connectivity index is 1.59. The Labute approximate surface area is 147 Å². The third kappa shape index (κ3) is 3.01. The summed E-state index contributed by atoms with van der Waals surface area (Å²) in [5.74, 6) is 0.757. The van der Waals surface area contributed by atoms with E-state index in [2.05, 4.69) is 22.0 Å². The van der Waals surface area contributed by atoms with Crippen molar-refractivity contribution in [1.82, 2.24) is 14.2 Å². The maximum atomic E-state index is 12.3. The van der Waals surface area contributed by atoms with Crippen LogP contribution in [0.2, 0.25) is 0 Å². The topological polar surface area (TPSA) is 53.5 Å². The summed E-state index contributed by atoms with van der Waals surface area (Å²) in [6.45, 7) is 3.44. The van der Waals surface area contributed by atoms with Gasteiger partial charge in [-0.15, -0.1) is 11.3 Å². The second-order valence-corrected chi connectivity index (χ2v) is 9.68. The van der Waals surface area contributed by atoms with Gasteiger partial charge in [0.05, 0.1) is 17.8 Å². The largest absolute Gasteiger partial charge is 0.298 e. The first-order valence-electron chi connectivity index (χ1n) is 8.14. The molecule has 0 bridgehead atoms. The second-order valence-electron chi connectivity index (χ2n) is 6.77. The lowest BCUT2D eigenvalue weighted by molar-refractivity contribution is 0.262. The Bertz CT molecular complexity index is 793. The summed E-state index contributed by atoms with van der Waals surface area (Å²) < 4.78 is 26.3. The summed E-state index contributed by atoms with van der Waals surface area (Å²) in [6.07, 6.45) is 3.26. The van der Waals surface area contributed by atoms with Crippen LogP contribution in [-0.2, 0) is 16.6 Å². The first-order chi connectivity index (χ1) is 11.5. The minimum Gasteiger partial charge on any atom is -0.298 e. The van der Waals surface area contributed by atoms with E-state index in [4.69, 9.17) is 0 Å². The highest BCUT2D eigenvalue weighted by Gasteiger charge is 2.50. The molecule has 0 radical (unpaired) electrons. The molecule has 2 aliphatic heterocycles. The normalized spacial score (nSPS) is 28.3. The van der Waals surface area contributed by atoms with Crippen LogP contribution in [0.5, 0.6) is 0 Å². The minimum absolute atomic E-state index is 0.0438. The Morgan fingerprint density at radius 1 is 1.21 bits per heavy atom. The molecule has 1 aromatic carbocycles. The molecular weight excluding hydrogens is 342 g/mol. The number of rotatable bonds is 4. The molecule has 7 heteroatoms. The molecule has 4 rings (SSSR count). The summed E-state index contributed by atoms with van der Waals surface area (Å²) in [7, 11) is -3.20. The van der Waals surface area contributed by atoms with Gasteiger partial charge in [0.25, 0.3) is 0 Å². The van der Waals surface area contributed by atoms with Gasteiger partial charge in [0, 0.05) is 37.3 Å². The molecular formula is C17H21N3O2S2. The first kappa shape index (κ1) is 16.2. The number of aromatic nitrogens is 1. The molecule has 0 amide bonds. The summed E-state index contributed by atoms with van der Waals surface area (Å²) in [5.41, 5.74) is 2.97. The van der Waals surface area contributed by atoms with Gasteiger partial charge >= 0.3 is 0 Å². The van der Waals surface area contributed by atoms with Crippen molar-refractivity contribution in [3.63, 3.8) is 0 Å². The molecule has 1 aromatic heterocycles. The molecule has 0 aliphatic carbocycles. The molecule has 2 saturated heterocycles. The molecule has 3 atom stereocenters. The van der Waals surface area contributed by atoms with Gasteiger partial charge < -0.3 is 0 Å². The van der Waals surface area contributed by atoms with Crippen molar-refractivity contribution < 1.29 is 8.42 Å². The van der Waals surface area contributed by atoms with E-state index in [-0.39, 0.29) is 6.04 Å². The number of nitrogens with zero attached hydrogens (tertiary/aromatic N) is 3. The van der Waals surface area contributed by atoms with Crippen molar-refractivity contribution in [1.29, 1.82) is 0 Å². The Morgan fingerprint density at radius 3 is 2.67 bits per heavy atom. The van der Waals surface area contributed by atoms with Gasteiger partial charge in [-0.2, -0.15) is 4.31 Å². The standard InChI is InChI=1S/C17H21N3O2S2/c1-24(21,22)20-9-14-8-19(10-15-7-18-12-23-15)11-16(14)17(20)13-5-3-2-4-6-13/h2-7,12,14,16-17H,8-11H2,1H3/t14-,16-,17+/m1/s1. The maximum absolute atomic E-state index is 12.3. The van der Waals surface area contributed by atoms with Crippen molar-refractivity contribution in [3.05, 3.63) is 52.5 Å². The molecule has 128 valence electrons. The number of benzene rings is 1. The quantitative estimate of drug-likeness (QED) is 0.836. The van der Waals surface area contributed by atoms with E-state index in [1.54, 1.807) is 15.6 Å². The predicted molar refractivity (Wildman–Crippen MR) is 95.1 cm³/mol. The summed E-state index contributed by atoms with van der Waals surface area (Å²) in [6, 6.07) is 10.0. The van der Waals surface area contributed by atoms with Crippen LogP contribution in [0.25, 0.3) is 0 Å². The van der Waals surface area contributed by atoms with Gasteiger partial charge in [0.2, 0.25) is 10.0 Å². The highest BCUT2D eigenvalue weighted by atomic mass is 32.2. The number of fused-ring (bicyclic) bond motifs is 1.